The molecule has 0 bridgehead atoms. The Kier molecular flexibility index (Phi) is 6.28. The first kappa shape index (κ1) is 19.4. The molecule has 3 aromatic rings. The Morgan fingerprint density at radius 1 is 1.04 bits per heavy atom. The molecule has 0 fully saturated rings. The monoisotopic (exact) mass is 396 g/mol. The topological polar surface area (TPSA) is 129 Å². The minimum absolute atomic E-state index is 0.0219. The summed E-state index contributed by atoms with van der Waals surface area (Å²) >= 11 is 1.15. The summed E-state index contributed by atoms with van der Waals surface area (Å²) in [5, 5.41) is 2.70. The number of hydrogen-bond acceptors (Lipinski definition) is 8. The number of ether oxygens (including phenoxy) is 1. The molecule has 0 radical (unpaired) electrons. The summed E-state index contributed by atoms with van der Waals surface area (Å²) < 4.78 is 5.74. The van der Waals surface area contributed by atoms with E-state index in [2.05, 4.69) is 20.3 Å². The van der Waals surface area contributed by atoms with E-state index in [-0.39, 0.29) is 17.8 Å². The summed E-state index contributed by atoms with van der Waals surface area (Å²) in [5.74, 6) is 0.573. The molecule has 0 saturated carbocycles. The minimum Gasteiger partial charge on any atom is -0.489 e. The third-order valence-electron chi connectivity index (χ3n) is 3.67. The summed E-state index contributed by atoms with van der Waals surface area (Å²) in [4.78, 5) is 24.0. The van der Waals surface area contributed by atoms with E-state index < -0.39 is 5.25 Å². The van der Waals surface area contributed by atoms with Crippen LogP contribution in [0.5, 0.6) is 5.75 Å². The van der Waals surface area contributed by atoms with Gasteiger partial charge >= 0.3 is 0 Å². The van der Waals surface area contributed by atoms with Gasteiger partial charge in [0.15, 0.2) is 5.16 Å². The number of aromatic nitrogens is 3. The third kappa shape index (κ3) is 5.58. The van der Waals surface area contributed by atoms with Crippen LogP contribution in [-0.4, -0.2) is 26.1 Å². The van der Waals surface area contributed by atoms with Gasteiger partial charge in [-0.05, 0) is 36.8 Å². The van der Waals surface area contributed by atoms with E-state index in [1.807, 2.05) is 42.5 Å². The molecule has 9 heteroatoms. The normalized spacial score (nSPS) is 11.6. The molecule has 5 N–H and O–H groups in total. The van der Waals surface area contributed by atoms with Gasteiger partial charge < -0.3 is 21.5 Å². The molecule has 0 aliphatic heterocycles. The number of amides is 1. The Labute approximate surface area is 166 Å². The Bertz CT molecular complexity index is 917. The second kappa shape index (κ2) is 9.05. The van der Waals surface area contributed by atoms with Crippen LogP contribution in [0.3, 0.4) is 0 Å². The number of nitrogens with one attached hydrogen (secondary N) is 1. The number of hydrogen-bond donors (Lipinski definition) is 3. The number of carbonyl (C=O) groups excluding carboxylic acids is 1. The van der Waals surface area contributed by atoms with E-state index in [0.29, 0.717) is 17.5 Å². The van der Waals surface area contributed by atoms with Gasteiger partial charge in [-0.2, -0.15) is 15.0 Å². The smallest absolute Gasteiger partial charge is 0.237 e. The number of benzene rings is 2. The lowest BCUT2D eigenvalue weighted by Gasteiger charge is -2.12. The molecule has 0 aliphatic rings. The van der Waals surface area contributed by atoms with Crippen molar-refractivity contribution in [2.75, 3.05) is 16.8 Å². The van der Waals surface area contributed by atoms with Gasteiger partial charge in [-0.15, -0.1) is 0 Å². The first-order chi connectivity index (χ1) is 13.5. The first-order valence-electron chi connectivity index (χ1n) is 8.51. The van der Waals surface area contributed by atoms with E-state index >= 15 is 0 Å². The largest absolute Gasteiger partial charge is 0.489 e. The number of anilines is 3. The maximum absolute atomic E-state index is 12.4. The van der Waals surface area contributed by atoms with Crippen LogP contribution >= 0.6 is 11.8 Å². The van der Waals surface area contributed by atoms with Crippen molar-refractivity contribution in [3.05, 3.63) is 60.2 Å². The van der Waals surface area contributed by atoms with E-state index in [0.717, 1.165) is 23.1 Å². The molecule has 28 heavy (non-hydrogen) atoms. The molecule has 0 saturated heterocycles. The van der Waals surface area contributed by atoms with Gasteiger partial charge in [0.2, 0.25) is 17.8 Å². The van der Waals surface area contributed by atoms with Gasteiger partial charge in [-0.25, -0.2) is 0 Å². The van der Waals surface area contributed by atoms with Gasteiger partial charge in [-0.1, -0.05) is 42.1 Å². The number of thioether (sulfide) groups is 1. The molecular weight excluding hydrogens is 376 g/mol. The zero-order chi connectivity index (χ0) is 19.9. The van der Waals surface area contributed by atoms with Gasteiger partial charge in [-0.3, -0.25) is 4.79 Å². The number of rotatable bonds is 7. The van der Waals surface area contributed by atoms with Crippen molar-refractivity contribution in [2.45, 2.75) is 23.9 Å². The van der Waals surface area contributed by atoms with E-state index in [4.69, 9.17) is 16.2 Å². The highest BCUT2D eigenvalue weighted by Gasteiger charge is 2.17. The van der Waals surface area contributed by atoms with E-state index in [9.17, 15) is 4.79 Å². The maximum atomic E-state index is 12.4. The van der Waals surface area contributed by atoms with Crippen LogP contribution in [0.4, 0.5) is 17.6 Å². The fourth-order valence-electron chi connectivity index (χ4n) is 2.27. The zero-order valence-electron chi connectivity index (χ0n) is 15.2. The average molecular weight is 396 g/mol. The van der Waals surface area contributed by atoms with Gasteiger partial charge in [0.05, 0.1) is 5.25 Å². The fourth-order valence-corrected chi connectivity index (χ4v) is 3.05. The molecule has 1 aromatic heterocycles. The molecule has 0 aliphatic carbocycles. The maximum Gasteiger partial charge on any atom is 0.237 e. The minimum atomic E-state index is -0.449. The molecule has 1 heterocycles. The van der Waals surface area contributed by atoms with Crippen molar-refractivity contribution in [3.8, 4) is 5.75 Å². The van der Waals surface area contributed by atoms with Crippen LogP contribution in [0.2, 0.25) is 0 Å². The van der Waals surface area contributed by atoms with Gasteiger partial charge in [0.25, 0.3) is 0 Å². The number of carbonyl (C=O) groups is 1. The average Bonchev–Trinajstić information content (AvgIpc) is 2.67. The number of nitrogens with two attached hydrogens (primary N) is 2. The summed E-state index contributed by atoms with van der Waals surface area (Å²) in [7, 11) is 0. The van der Waals surface area contributed by atoms with Crippen LogP contribution in [0.25, 0.3) is 0 Å². The van der Waals surface area contributed by atoms with Crippen molar-refractivity contribution in [1.82, 2.24) is 15.0 Å². The van der Waals surface area contributed by atoms with Crippen molar-refractivity contribution in [2.24, 2.45) is 0 Å². The van der Waals surface area contributed by atoms with Crippen LogP contribution in [0.15, 0.2) is 59.8 Å². The lowest BCUT2D eigenvalue weighted by atomic mass is 10.2. The third-order valence-corrected chi connectivity index (χ3v) is 4.63. The Morgan fingerprint density at radius 2 is 1.68 bits per heavy atom. The standard InChI is InChI=1S/C19H20N6O2S/c1-12(28-19-24-17(20)23-18(21)25-19)16(26)22-14-7-9-15(10-8-14)27-11-13-5-3-2-4-6-13/h2-10,12H,11H2,1H3,(H,22,26)(H4,20,21,23,24,25)/t12-/m0/s1. The number of nitrogen functional groups attached to an aromatic ring is 2. The molecule has 1 atom stereocenters. The Hall–Kier alpha value is -3.33. The summed E-state index contributed by atoms with van der Waals surface area (Å²) in [6, 6.07) is 17.1. The predicted octanol–water partition coefficient (Wildman–Crippen LogP) is 2.73. The van der Waals surface area contributed by atoms with Crippen molar-refractivity contribution >= 4 is 35.3 Å². The van der Waals surface area contributed by atoms with Crippen molar-refractivity contribution in [1.29, 1.82) is 0 Å². The highest BCUT2D eigenvalue weighted by molar-refractivity contribution is 8.00. The highest BCUT2D eigenvalue weighted by Crippen LogP contribution is 2.22. The fraction of sp³-hybridized carbons (Fsp3) is 0.158. The first-order valence-corrected chi connectivity index (χ1v) is 9.39. The lowest BCUT2D eigenvalue weighted by Crippen LogP contribution is -2.22. The summed E-state index contributed by atoms with van der Waals surface area (Å²) in [6.45, 7) is 2.23. The molecule has 2 aromatic carbocycles. The predicted molar refractivity (Wildman–Crippen MR) is 110 cm³/mol. The quantitative estimate of drug-likeness (QED) is 0.520. The van der Waals surface area contributed by atoms with Crippen LogP contribution in [0, 0.1) is 0 Å². The molecule has 144 valence electrons. The van der Waals surface area contributed by atoms with Crippen LogP contribution in [-0.2, 0) is 11.4 Å². The lowest BCUT2D eigenvalue weighted by molar-refractivity contribution is -0.115. The molecule has 1 amide bonds. The second-order valence-corrected chi connectivity index (χ2v) is 7.19. The highest BCUT2D eigenvalue weighted by atomic mass is 32.2. The zero-order valence-corrected chi connectivity index (χ0v) is 16.0. The van der Waals surface area contributed by atoms with E-state index in [1.54, 1.807) is 19.1 Å². The van der Waals surface area contributed by atoms with Crippen molar-refractivity contribution < 1.29 is 9.53 Å². The SMILES string of the molecule is C[C@H](Sc1nc(N)nc(N)n1)C(=O)Nc1ccc(OCc2ccccc2)cc1. The molecule has 3 rings (SSSR count). The Morgan fingerprint density at radius 3 is 2.32 bits per heavy atom. The molecule has 0 spiro atoms. The van der Waals surface area contributed by atoms with Crippen LogP contribution in [0.1, 0.15) is 12.5 Å². The van der Waals surface area contributed by atoms with Crippen LogP contribution < -0.4 is 21.5 Å². The van der Waals surface area contributed by atoms with Gasteiger partial charge in [0, 0.05) is 5.69 Å². The van der Waals surface area contributed by atoms with E-state index in [1.165, 1.54) is 0 Å². The van der Waals surface area contributed by atoms with Crippen molar-refractivity contribution in [3.63, 3.8) is 0 Å². The number of nitrogens with zero attached hydrogens (tertiary/aromatic N) is 3. The summed E-state index contributed by atoms with van der Waals surface area (Å²) in [5.41, 5.74) is 12.8. The summed E-state index contributed by atoms with van der Waals surface area (Å²) in [6.07, 6.45) is 0. The second-order valence-electron chi connectivity index (χ2n) is 5.88. The Balaban J connectivity index is 1.53. The molecule has 0 unspecified atom stereocenters. The molecule has 8 nitrogen and oxygen atoms in total. The van der Waals surface area contributed by atoms with Gasteiger partial charge in [0.1, 0.15) is 12.4 Å². The molecular formula is C19H20N6O2S.